The summed E-state index contributed by atoms with van der Waals surface area (Å²) < 4.78 is 28.1. The summed E-state index contributed by atoms with van der Waals surface area (Å²) in [5.41, 5.74) is 0.604. The van der Waals surface area contributed by atoms with Crippen LogP contribution in [0.25, 0.3) is 0 Å². The molecule has 1 aromatic rings. The van der Waals surface area contributed by atoms with Gasteiger partial charge < -0.3 is 4.74 Å². The van der Waals surface area contributed by atoms with Gasteiger partial charge in [0.1, 0.15) is 5.75 Å². The van der Waals surface area contributed by atoms with Crippen molar-refractivity contribution >= 4 is 27.5 Å². The first-order valence-corrected chi connectivity index (χ1v) is 4.93. The first-order chi connectivity index (χ1) is 6.15. The van der Waals surface area contributed by atoms with E-state index >= 15 is 0 Å². The van der Waals surface area contributed by atoms with E-state index in [0.29, 0.717) is 10.9 Å². The molecule has 1 rings (SSSR count). The molecule has 0 amide bonds. The minimum Gasteiger partial charge on any atom is -0.433 e. The molecule has 0 spiro atoms. The third-order valence-electron chi connectivity index (χ3n) is 1.40. The molecule has 0 radical (unpaired) electrons. The topological polar surface area (TPSA) is 9.23 Å². The van der Waals surface area contributed by atoms with Gasteiger partial charge in [0, 0.05) is 10.9 Å². The molecule has 0 aliphatic carbocycles. The third-order valence-corrected chi connectivity index (χ3v) is 2.30. The summed E-state index contributed by atoms with van der Waals surface area (Å²) in [6.07, 6.45) is 0. The normalized spacial score (nSPS) is 10.5. The van der Waals surface area contributed by atoms with Crippen LogP contribution >= 0.6 is 27.5 Å². The molecule has 1 nitrogen and oxygen atoms in total. The van der Waals surface area contributed by atoms with E-state index in [1.54, 1.807) is 12.1 Å². The molecule has 0 fully saturated rings. The maximum absolute atomic E-state index is 11.9. The summed E-state index contributed by atoms with van der Waals surface area (Å²) >= 11 is 8.82. The fourth-order valence-electron chi connectivity index (χ4n) is 0.880. The Hall–Kier alpha value is -0.350. The monoisotopic (exact) mass is 270 g/mol. The molecule has 0 N–H and O–H groups in total. The highest BCUT2D eigenvalue weighted by atomic mass is 79.9. The SMILES string of the molecule is FC(F)Oc1c(Cl)cccc1CBr. The number of para-hydroxylation sites is 1. The number of hydrogen-bond donors (Lipinski definition) is 0. The molecule has 1 aromatic carbocycles. The van der Waals surface area contributed by atoms with Crippen molar-refractivity contribution in [3.63, 3.8) is 0 Å². The van der Waals surface area contributed by atoms with Crippen LogP contribution in [0, 0.1) is 0 Å². The Balaban J connectivity index is 3.00. The summed E-state index contributed by atoms with van der Waals surface area (Å²) in [5.74, 6) is 0.0380. The zero-order chi connectivity index (χ0) is 9.84. The average Bonchev–Trinajstić information content (AvgIpc) is 2.08. The van der Waals surface area contributed by atoms with Crippen LogP contribution in [0.3, 0.4) is 0 Å². The van der Waals surface area contributed by atoms with E-state index in [1.807, 2.05) is 0 Å². The number of hydrogen-bond acceptors (Lipinski definition) is 1. The Bertz CT molecular complexity index is 293. The van der Waals surface area contributed by atoms with Gasteiger partial charge in [0.25, 0.3) is 0 Å². The first kappa shape index (κ1) is 10.7. The van der Waals surface area contributed by atoms with Crippen molar-refractivity contribution in [2.24, 2.45) is 0 Å². The number of halogens is 4. The standard InChI is InChI=1S/C8H6BrClF2O/c9-4-5-2-1-3-6(10)7(5)13-8(11)12/h1-3,8H,4H2. The number of ether oxygens (including phenoxy) is 1. The van der Waals surface area contributed by atoms with Gasteiger partial charge in [-0.2, -0.15) is 8.78 Å². The quantitative estimate of drug-likeness (QED) is 0.759. The molecule has 5 heteroatoms. The van der Waals surface area contributed by atoms with E-state index in [2.05, 4.69) is 20.7 Å². The van der Waals surface area contributed by atoms with Crippen molar-refractivity contribution in [1.82, 2.24) is 0 Å². The maximum Gasteiger partial charge on any atom is 0.387 e. The lowest BCUT2D eigenvalue weighted by Crippen LogP contribution is -2.04. The predicted molar refractivity (Wildman–Crippen MR) is 50.7 cm³/mol. The van der Waals surface area contributed by atoms with Crippen LogP contribution in [0.1, 0.15) is 5.56 Å². The largest absolute Gasteiger partial charge is 0.433 e. The highest BCUT2D eigenvalue weighted by Crippen LogP contribution is 2.31. The second kappa shape index (κ2) is 4.77. The molecule has 0 aromatic heterocycles. The Kier molecular flexibility index (Phi) is 3.93. The van der Waals surface area contributed by atoms with Crippen LogP contribution in [0.15, 0.2) is 18.2 Å². The lowest BCUT2D eigenvalue weighted by Gasteiger charge is -2.09. The van der Waals surface area contributed by atoms with Crippen LogP contribution < -0.4 is 4.74 Å². The van der Waals surface area contributed by atoms with Gasteiger partial charge in [-0.15, -0.1) is 0 Å². The molecular formula is C8H6BrClF2O. The molecule has 0 atom stereocenters. The van der Waals surface area contributed by atoms with E-state index in [-0.39, 0.29) is 10.8 Å². The fraction of sp³-hybridized carbons (Fsp3) is 0.250. The molecule has 0 heterocycles. The van der Waals surface area contributed by atoms with Crippen LogP contribution in [-0.2, 0) is 5.33 Å². The highest BCUT2D eigenvalue weighted by molar-refractivity contribution is 9.08. The van der Waals surface area contributed by atoms with Crippen molar-refractivity contribution in [2.75, 3.05) is 0 Å². The van der Waals surface area contributed by atoms with Crippen LogP contribution in [0.5, 0.6) is 5.75 Å². The van der Waals surface area contributed by atoms with Crippen molar-refractivity contribution < 1.29 is 13.5 Å². The van der Waals surface area contributed by atoms with Gasteiger partial charge in [0.15, 0.2) is 0 Å². The molecule has 0 aliphatic rings. The third kappa shape index (κ3) is 2.81. The summed E-state index contributed by atoms with van der Waals surface area (Å²) in [6, 6.07) is 4.85. The molecule has 72 valence electrons. The van der Waals surface area contributed by atoms with Crippen LogP contribution in [0.4, 0.5) is 8.78 Å². The lowest BCUT2D eigenvalue weighted by molar-refractivity contribution is -0.0502. The number of alkyl halides is 3. The Morgan fingerprint density at radius 1 is 1.46 bits per heavy atom. The summed E-state index contributed by atoms with van der Waals surface area (Å²) in [6.45, 7) is -2.85. The minimum absolute atomic E-state index is 0.0380. The van der Waals surface area contributed by atoms with Crippen LogP contribution in [0.2, 0.25) is 5.02 Å². The number of benzene rings is 1. The minimum atomic E-state index is -2.85. The van der Waals surface area contributed by atoms with Gasteiger partial charge in [-0.3, -0.25) is 0 Å². The highest BCUT2D eigenvalue weighted by Gasteiger charge is 2.12. The van der Waals surface area contributed by atoms with Gasteiger partial charge in [-0.25, -0.2) is 0 Å². The van der Waals surface area contributed by atoms with E-state index in [0.717, 1.165) is 0 Å². The molecule has 0 saturated carbocycles. The van der Waals surface area contributed by atoms with Gasteiger partial charge in [0.05, 0.1) is 5.02 Å². The van der Waals surface area contributed by atoms with Crippen molar-refractivity contribution in [2.45, 2.75) is 11.9 Å². The van der Waals surface area contributed by atoms with Crippen LogP contribution in [-0.4, -0.2) is 6.61 Å². The smallest absolute Gasteiger partial charge is 0.387 e. The summed E-state index contributed by atoms with van der Waals surface area (Å²) in [4.78, 5) is 0. The van der Waals surface area contributed by atoms with E-state index in [9.17, 15) is 8.78 Å². The van der Waals surface area contributed by atoms with Crippen molar-refractivity contribution in [3.05, 3.63) is 28.8 Å². The van der Waals surface area contributed by atoms with Gasteiger partial charge in [-0.05, 0) is 6.07 Å². The summed E-state index contributed by atoms with van der Waals surface area (Å²) in [5, 5.41) is 0.618. The van der Waals surface area contributed by atoms with E-state index in [4.69, 9.17) is 11.6 Å². The van der Waals surface area contributed by atoms with E-state index in [1.165, 1.54) is 6.07 Å². The molecule has 0 aliphatic heterocycles. The molecule has 0 unspecified atom stereocenters. The Morgan fingerprint density at radius 3 is 2.69 bits per heavy atom. The number of rotatable bonds is 3. The molecule has 13 heavy (non-hydrogen) atoms. The molecular weight excluding hydrogens is 265 g/mol. The zero-order valence-corrected chi connectivity index (χ0v) is 8.78. The second-order valence-electron chi connectivity index (χ2n) is 2.24. The predicted octanol–water partition coefficient (Wildman–Crippen LogP) is 3.84. The fourth-order valence-corrected chi connectivity index (χ4v) is 1.56. The average molecular weight is 271 g/mol. The van der Waals surface area contributed by atoms with E-state index < -0.39 is 6.61 Å². The second-order valence-corrected chi connectivity index (χ2v) is 3.21. The van der Waals surface area contributed by atoms with Gasteiger partial charge in [0.2, 0.25) is 0 Å². The maximum atomic E-state index is 11.9. The van der Waals surface area contributed by atoms with Crippen molar-refractivity contribution in [3.8, 4) is 5.75 Å². The summed E-state index contributed by atoms with van der Waals surface area (Å²) in [7, 11) is 0. The van der Waals surface area contributed by atoms with Gasteiger partial charge in [-0.1, -0.05) is 39.7 Å². The Labute approximate surface area is 87.8 Å². The molecule has 0 bridgehead atoms. The van der Waals surface area contributed by atoms with Crippen molar-refractivity contribution in [1.29, 1.82) is 0 Å². The zero-order valence-electron chi connectivity index (χ0n) is 6.44. The lowest BCUT2D eigenvalue weighted by atomic mass is 10.2. The Morgan fingerprint density at radius 2 is 2.15 bits per heavy atom. The van der Waals surface area contributed by atoms with Gasteiger partial charge >= 0.3 is 6.61 Å². The first-order valence-electron chi connectivity index (χ1n) is 3.43. The molecule has 0 saturated heterocycles.